The van der Waals surface area contributed by atoms with Gasteiger partial charge in [-0.25, -0.2) is 9.50 Å². The number of hydrogen-bond acceptors (Lipinski definition) is 7. The van der Waals surface area contributed by atoms with Crippen LogP contribution in [0.15, 0.2) is 47.5 Å². The Labute approximate surface area is 194 Å². The molecule has 0 fully saturated rings. The minimum Gasteiger partial charge on any atom is -0.412 e. The van der Waals surface area contributed by atoms with Crippen LogP contribution in [0.1, 0.15) is 39.4 Å². The fraction of sp³-hybridized carbons (Fsp3) is 0.238. The number of aromatic nitrogens is 8. The van der Waals surface area contributed by atoms with Crippen molar-refractivity contribution >= 4 is 11.4 Å². The highest BCUT2D eigenvalue weighted by Gasteiger charge is 2.39. The van der Waals surface area contributed by atoms with Crippen molar-refractivity contribution < 1.29 is 22.4 Å². The van der Waals surface area contributed by atoms with Gasteiger partial charge in [0.2, 0.25) is 0 Å². The second-order valence-electron chi connectivity index (χ2n) is 8.05. The first-order chi connectivity index (χ1) is 16.8. The van der Waals surface area contributed by atoms with Crippen LogP contribution in [0.5, 0.6) is 0 Å². The molecule has 0 aliphatic carbocycles. The van der Waals surface area contributed by atoms with Crippen molar-refractivity contribution in [1.29, 1.82) is 0 Å². The summed E-state index contributed by atoms with van der Waals surface area (Å²) in [5.74, 6) is -0.718. The van der Waals surface area contributed by atoms with Crippen molar-refractivity contribution in [3.05, 3.63) is 71.7 Å². The summed E-state index contributed by atoms with van der Waals surface area (Å²) in [4.78, 5) is 22.3. The Morgan fingerprint density at radius 2 is 2.14 bits per heavy atom. The summed E-state index contributed by atoms with van der Waals surface area (Å²) in [5, 5.41) is 16.2. The second-order valence-corrected chi connectivity index (χ2v) is 8.05. The van der Waals surface area contributed by atoms with Gasteiger partial charge >= 0.3 is 18.0 Å². The van der Waals surface area contributed by atoms with Crippen LogP contribution >= 0.6 is 0 Å². The smallest absolute Gasteiger partial charge is 0.412 e. The summed E-state index contributed by atoms with van der Waals surface area (Å²) in [6.07, 6.45) is 1.99. The third kappa shape index (κ3) is 3.45. The number of fused-ring (bicyclic) bond motifs is 2. The third-order valence-corrected chi connectivity index (χ3v) is 5.85. The van der Waals surface area contributed by atoms with Gasteiger partial charge in [0.1, 0.15) is 6.04 Å². The number of hydrogen-bond donors (Lipinski definition) is 1. The van der Waals surface area contributed by atoms with E-state index in [0.29, 0.717) is 17.7 Å². The quantitative estimate of drug-likeness (QED) is 0.419. The maximum atomic E-state index is 13.6. The number of H-pyrrole nitrogens is 1. The Hall–Kier alpha value is -4.49. The molecule has 0 spiro atoms. The van der Waals surface area contributed by atoms with Gasteiger partial charge in [0.25, 0.3) is 5.89 Å². The Kier molecular flexibility index (Phi) is 4.52. The van der Waals surface area contributed by atoms with Crippen LogP contribution in [0.25, 0.3) is 17.0 Å². The Bertz CT molecular complexity index is 1560. The van der Waals surface area contributed by atoms with Gasteiger partial charge in [0, 0.05) is 38.1 Å². The van der Waals surface area contributed by atoms with E-state index < -0.39 is 23.7 Å². The van der Waals surface area contributed by atoms with E-state index in [2.05, 4.69) is 30.4 Å². The van der Waals surface area contributed by atoms with Gasteiger partial charge in [0.15, 0.2) is 0 Å². The molecule has 1 N–H and O–H groups in total. The van der Waals surface area contributed by atoms with Crippen molar-refractivity contribution in [2.45, 2.75) is 18.6 Å². The van der Waals surface area contributed by atoms with Gasteiger partial charge in [-0.1, -0.05) is 0 Å². The Morgan fingerprint density at radius 3 is 2.91 bits per heavy atom. The summed E-state index contributed by atoms with van der Waals surface area (Å²) in [6, 6.07) is 2.73. The van der Waals surface area contributed by atoms with Gasteiger partial charge in [-0.2, -0.15) is 23.4 Å². The second kappa shape index (κ2) is 7.51. The molecule has 0 unspecified atom stereocenters. The molecular weight excluding hydrogens is 467 g/mol. The van der Waals surface area contributed by atoms with E-state index in [1.165, 1.54) is 35.8 Å². The first-order valence-electron chi connectivity index (χ1n) is 10.5. The molecule has 6 heterocycles. The first kappa shape index (κ1) is 21.1. The number of amides is 1. The molecular formula is C21H16F3N9O2. The number of alkyl halides is 3. The minimum absolute atomic E-state index is 0.123. The molecule has 0 saturated carbocycles. The van der Waals surface area contributed by atoms with Crippen LogP contribution in [0.3, 0.4) is 0 Å². The summed E-state index contributed by atoms with van der Waals surface area (Å²) >= 11 is 0. The molecule has 178 valence electrons. The number of pyridine rings is 1. The zero-order chi connectivity index (χ0) is 24.3. The van der Waals surface area contributed by atoms with Crippen LogP contribution < -0.4 is 0 Å². The van der Waals surface area contributed by atoms with Crippen LogP contribution in [-0.2, 0) is 19.6 Å². The SMILES string of the molecule is Cn1cc(-c2nnc(C(=O)N3CCc4[nH]cnc4[C@@H]3c3cc4c(C(F)(F)F)cccn4n3)o2)cn1. The zero-order valence-electron chi connectivity index (χ0n) is 18.1. The van der Waals surface area contributed by atoms with Crippen molar-refractivity contribution in [2.24, 2.45) is 7.05 Å². The van der Waals surface area contributed by atoms with Crippen LogP contribution in [0.4, 0.5) is 13.2 Å². The summed E-state index contributed by atoms with van der Waals surface area (Å²) in [6.45, 7) is 0.239. The summed E-state index contributed by atoms with van der Waals surface area (Å²) in [7, 11) is 1.73. The molecule has 1 amide bonds. The fourth-order valence-corrected chi connectivity index (χ4v) is 4.28. The van der Waals surface area contributed by atoms with Crippen molar-refractivity contribution in [3.63, 3.8) is 0 Å². The molecule has 0 radical (unpaired) electrons. The number of aromatic amines is 1. The molecule has 11 nitrogen and oxygen atoms in total. The number of nitrogens with zero attached hydrogens (tertiary/aromatic N) is 8. The highest BCUT2D eigenvalue weighted by molar-refractivity contribution is 5.90. The fourth-order valence-electron chi connectivity index (χ4n) is 4.28. The normalized spacial score (nSPS) is 16.1. The average molecular weight is 483 g/mol. The van der Waals surface area contributed by atoms with E-state index in [0.717, 1.165) is 16.3 Å². The number of rotatable bonds is 3. The van der Waals surface area contributed by atoms with E-state index in [9.17, 15) is 18.0 Å². The molecule has 0 bridgehead atoms. The lowest BCUT2D eigenvalue weighted by Crippen LogP contribution is -2.41. The van der Waals surface area contributed by atoms with Crippen LogP contribution in [0, 0.1) is 0 Å². The van der Waals surface area contributed by atoms with Gasteiger partial charge in [-0.3, -0.25) is 9.48 Å². The zero-order valence-corrected chi connectivity index (χ0v) is 18.1. The topological polar surface area (TPSA) is 123 Å². The third-order valence-electron chi connectivity index (χ3n) is 5.85. The number of aryl methyl sites for hydroxylation is 1. The largest absolute Gasteiger partial charge is 0.418 e. The minimum atomic E-state index is -4.56. The molecule has 5 aromatic rings. The maximum absolute atomic E-state index is 13.6. The number of halogens is 3. The average Bonchev–Trinajstić information content (AvgIpc) is 3.62. The number of carbonyl (C=O) groups excluding carboxylic acids is 1. The van der Waals surface area contributed by atoms with Crippen molar-refractivity contribution in [3.8, 4) is 11.5 Å². The standard InChI is InChI=1S/C21H16F3N9O2/c1-31-9-11(8-27-31)18-28-29-19(35-18)20(34)32-6-4-13-16(26-10-25-13)17(32)14-7-15-12(21(22,23)24)3-2-5-33(15)30-14/h2-3,5,7-10,17H,4,6H2,1H3,(H,25,26)/t17-/m0/s1. The van der Waals surface area contributed by atoms with E-state index >= 15 is 0 Å². The Balaban J connectivity index is 1.42. The molecule has 0 saturated heterocycles. The maximum Gasteiger partial charge on any atom is 0.418 e. The lowest BCUT2D eigenvalue weighted by Gasteiger charge is -2.32. The van der Waals surface area contributed by atoms with Gasteiger partial charge in [0.05, 0.1) is 40.6 Å². The summed E-state index contributed by atoms with van der Waals surface area (Å²) in [5.41, 5.74) is 1.09. The number of nitrogens with one attached hydrogen (secondary N) is 1. The molecule has 5 aromatic heterocycles. The summed E-state index contributed by atoms with van der Waals surface area (Å²) < 4.78 is 49.0. The number of carbonyl (C=O) groups is 1. The van der Waals surface area contributed by atoms with E-state index in [-0.39, 0.29) is 29.5 Å². The molecule has 6 rings (SSSR count). The molecule has 1 aliphatic rings. The van der Waals surface area contributed by atoms with Crippen LogP contribution in [0.2, 0.25) is 0 Å². The molecule has 1 atom stereocenters. The first-order valence-corrected chi connectivity index (χ1v) is 10.5. The molecule has 35 heavy (non-hydrogen) atoms. The highest BCUT2D eigenvalue weighted by Crippen LogP contribution is 2.37. The van der Waals surface area contributed by atoms with Gasteiger partial charge in [-0.15, -0.1) is 10.2 Å². The van der Waals surface area contributed by atoms with E-state index in [1.54, 1.807) is 17.9 Å². The highest BCUT2D eigenvalue weighted by atomic mass is 19.4. The van der Waals surface area contributed by atoms with Gasteiger partial charge in [-0.05, 0) is 18.2 Å². The molecule has 1 aliphatic heterocycles. The van der Waals surface area contributed by atoms with Crippen molar-refractivity contribution in [2.75, 3.05) is 6.54 Å². The van der Waals surface area contributed by atoms with E-state index in [4.69, 9.17) is 4.42 Å². The van der Waals surface area contributed by atoms with Crippen molar-refractivity contribution in [1.82, 2.24) is 44.5 Å². The predicted octanol–water partition coefficient (Wildman–Crippen LogP) is 2.65. The van der Waals surface area contributed by atoms with Gasteiger partial charge < -0.3 is 14.3 Å². The van der Waals surface area contributed by atoms with E-state index in [1.807, 2.05) is 0 Å². The lowest BCUT2D eigenvalue weighted by molar-refractivity contribution is -0.136. The number of imidazole rings is 1. The van der Waals surface area contributed by atoms with Crippen LogP contribution in [-0.4, -0.2) is 56.9 Å². The monoisotopic (exact) mass is 483 g/mol. The molecule has 14 heteroatoms. The molecule has 0 aromatic carbocycles. The Morgan fingerprint density at radius 1 is 1.29 bits per heavy atom. The predicted molar refractivity (Wildman–Crippen MR) is 112 cm³/mol. The lowest BCUT2D eigenvalue weighted by atomic mass is 9.99.